The maximum atomic E-state index is 12.6. The molecule has 28 heavy (non-hydrogen) atoms. The number of rotatable bonds is 4. The van der Waals surface area contributed by atoms with Gasteiger partial charge in [0, 0.05) is 18.2 Å². The Morgan fingerprint density at radius 3 is 2.75 bits per heavy atom. The molecule has 0 aliphatic heterocycles. The van der Waals surface area contributed by atoms with Crippen LogP contribution in [0.2, 0.25) is 0 Å². The van der Waals surface area contributed by atoms with E-state index >= 15 is 0 Å². The maximum Gasteiger partial charge on any atom is 0.328 e. The summed E-state index contributed by atoms with van der Waals surface area (Å²) in [6.45, 7) is 2.41. The molecule has 1 saturated carbocycles. The number of aryl methyl sites for hydroxylation is 1. The van der Waals surface area contributed by atoms with Crippen molar-refractivity contribution in [2.24, 2.45) is 11.8 Å². The number of benzene rings is 1. The SMILES string of the molecule is Cc1cccc(NC(=O)C2CCC(Cn3c(=O)[nH]c4ccsc4c3=O)CC2)c1. The van der Waals surface area contributed by atoms with Gasteiger partial charge in [0.2, 0.25) is 5.91 Å². The molecule has 6 nitrogen and oxygen atoms in total. The lowest BCUT2D eigenvalue weighted by Crippen LogP contribution is -2.38. The van der Waals surface area contributed by atoms with Crippen LogP contribution in [0.15, 0.2) is 45.3 Å². The Kier molecular flexibility index (Phi) is 5.17. The average molecular weight is 398 g/mol. The number of H-pyrrole nitrogens is 1. The molecule has 3 aromatic rings. The molecule has 2 aromatic heterocycles. The Balaban J connectivity index is 1.39. The summed E-state index contributed by atoms with van der Waals surface area (Å²) in [4.78, 5) is 40.2. The molecule has 1 amide bonds. The van der Waals surface area contributed by atoms with E-state index in [1.807, 2.05) is 36.6 Å². The summed E-state index contributed by atoms with van der Waals surface area (Å²) in [7, 11) is 0. The molecule has 2 N–H and O–H groups in total. The van der Waals surface area contributed by atoms with E-state index in [-0.39, 0.29) is 29.0 Å². The second kappa shape index (κ2) is 7.75. The van der Waals surface area contributed by atoms with Gasteiger partial charge in [-0.15, -0.1) is 11.3 Å². The quantitative estimate of drug-likeness (QED) is 0.707. The molecule has 0 unspecified atom stereocenters. The molecule has 1 aliphatic rings. The highest BCUT2D eigenvalue weighted by Gasteiger charge is 2.27. The van der Waals surface area contributed by atoms with Gasteiger partial charge >= 0.3 is 5.69 Å². The van der Waals surface area contributed by atoms with Gasteiger partial charge in [-0.25, -0.2) is 4.79 Å². The van der Waals surface area contributed by atoms with E-state index in [2.05, 4.69) is 10.3 Å². The molecule has 4 rings (SSSR count). The van der Waals surface area contributed by atoms with E-state index in [1.165, 1.54) is 15.9 Å². The predicted octanol–water partition coefficient (Wildman–Crippen LogP) is 3.50. The summed E-state index contributed by atoms with van der Waals surface area (Å²) in [5.41, 5.74) is 1.98. The van der Waals surface area contributed by atoms with Gasteiger partial charge in [0.05, 0.1) is 5.52 Å². The molecule has 0 spiro atoms. The molecule has 0 bridgehead atoms. The van der Waals surface area contributed by atoms with Crippen molar-refractivity contribution in [2.75, 3.05) is 5.32 Å². The zero-order valence-electron chi connectivity index (χ0n) is 15.7. The first-order valence-corrected chi connectivity index (χ1v) is 10.5. The van der Waals surface area contributed by atoms with Gasteiger partial charge in [0.1, 0.15) is 4.70 Å². The number of nitrogens with zero attached hydrogens (tertiary/aromatic N) is 1. The molecule has 1 aromatic carbocycles. The molecular formula is C21H23N3O3S. The zero-order chi connectivity index (χ0) is 19.7. The summed E-state index contributed by atoms with van der Waals surface area (Å²) >= 11 is 1.35. The molecule has 0 radical (unpaired) electrons. The zero-order valence-corrected chi connectivity index (χ0v) is 16.6. The van der Waals surface area contributed by atoms with Gasteiger partial charge in [-0.2, -0.15) is 0 Å². The van der Waals surface area contributed by atoms with Gasteiger partial charge in [0.15, 0.2) is 0 Å². The second-order valence-electron chi connectivity index (χ2n) is 7.59. The van der Waals surface area contributed by atoms with E-state index in [9.17, 15) is 14.4 Å². The maximum absolute atomic E-state index is 12.6. The monoisotopic (exact) mass is 397 g/mol. The van der Waals surface area contributed by atoms with E-state index < -0.39 is 0 Å². The van der Waals surface area contributed by atoms with Crippen LogP contribution in [0.4, 0.5) is 5.69 Å². The van der Waals surface area contributed by atoms with Gasteiger partial charge in [-0.05, 0) is 67.7 Å². The first-order chi connectivity index (χ1) is 13.5. The molecule has 1 fully saturated rings. The number of anilines is 1. The van der Waals surface area contributed by atoms with Crippen LogP contribution < -0.4 is 16.6 Å². The van der Waals surface area contributed by atoms with E-state index in [0.717, 1.165) is 36.9 Å². The number of hydrogen-bond acceptors (Lipinski definition) is 4. The third kappa shape index (κ3) is 3.80. The standard InChI is InChI=1S/C21H23N3O3S/c1-13-3-2-4-16(11-13)22-19(25)15-7-5-14(6-8-15)12-24-20(26)18-17(9-10-28-18)23-21(24)27/h2-4,9-11,14-15H,5-8,12H2,1H3,(H,22,25)(H,23,27). The van der Waals surface area contributed by atoms with Crippen molar-refractivity contribution in [2.45, 2.75) is 39.2 Å². The highest BCUT2D eigenvalue weighted by atomic mass is 32.1. The summed E-state index contributed by atoms with van der Waals surface area (Å²) in [5, 5.41) is 4.81. The Labute approximate surface area is 166 Å². The topological polar surface area (TPSA) is 84.0 Å². The lowest BCUT2D eigenvalue weighted by atomic mass is 9.81. The molecule has 0 saturated heterocycles. The Bertz CT molecular complexity index is 1120. The van der Waals surface area contributed by atoms with Crippen molar-refractivity contribution in [3.05, 3.63) is 62.1 Å². The smallest absolute Gasteiger partial charge is 0.326 e. The van der Waals surface area contributed by atoms with Crippen molar-refractivity contribution in [3.63, 3.8) is 0 Å². The van der Waals surface area contributed by atoms with Gasteiger partial charge in [-0.1, -0.05) is 12.1 Å². The normalized spacial score (nSPS) is 19.6. The summed E-state index contributed by atoms with van der Waals surface area (Å²) < 4.78 is 1.90. The van der Waals surface area contributed by atoms with Gasteiger partial charge in [0.25, 0.3) is 5.56 Å². The van der Waals surface area contributed by atoms with Crippen LogP contribution in [0.25, 0.3) is 10.2 Å². The minimum Gasteiger partial charge on any atom is -0.326 e. The number of aromatic nitrogens is 2. The first-order valence-electron chi connectivity index (χ1n) is 9.59. The Morgan fingerprint density at radius 1 is 1.21 bits per heavy atom. The van der Waals surface area contributed by atoms with Crippen molar-refractivity contribution in [1.82, 2.24) is 9.55 Å². The Hall–Kier alpha value is -2.67. The minimum absolute atomic E-state index is 0.0217. The van der Waals surface area contributed by atoms with Crippen LogP contribution in [0, 0.1) is 18.8 Å². The largest absolute Gasteiger partial charge is 0.328 e. The fourth-order valence-corrected chi connectivity index (χ4v) is 4.77. The number of hydrogen-bond donors (Lipinski definition) is 2. The molecular weight excluding hydrogens is 374 g/mol. The fourth-order valence-electron chi connectivity index (χ4n) is 3.97. The Morgan fingerprint density at radius 2 is 2.00 bits per heavy atom. The number of amides is 1. The van der Waals surface area contributed by atoms with Gasteiger partial charge in [-0.3, -0.25) is 14.2 Å². The molecule has 0 atom stereocenters. The van der Waals surface area contributed by atoms with E-state index in [4.69, 9.17) is 0 Å². The number of fused-ring (bicyclic) bond motifs is 1. The number of aromatic amines is 1. The molecule has 7 heteroatoms. The molecule has 146 valence electrons. The van der Waals surface area contributed by atoms with Crippen LogP contribution in [0.3, 0.4) is 0 Å². The van der Waals surface area contributed by atoms with Crippen LogP contribution in [-0.2, 0) is 11.3 Å². The number of carbonyl (C=O) groups is 1. The van der Waals surface area contributed by atoms with Crippen LogP contribution in [0.1, 0.15) is 31.2 Å². The number of nitrogens with one attached hydrogen (secondary N) is 2. The van der Waals surface area contributed by atoms with Crippen molar-refractivity contribution in [1.29, 1.82) is 0 Å². The highest BCUT2D eigenvalue weighted by molar-refractivity contribution is 7.17. The minimum atomic E-state index is -0.352. The first kappa shape index (κ1) is 18.7. The molecule has 2 heterocycles. The van der Waals surface area contributed by atoms with Crippen LogP contribution in [0.5, 0.6) is 0 Å². The predicted molar refractivity (Wildman–Crippen MR) is 112 cm³/mol. The lowest BCUT2D eigenvalue weighted by molar-refractivity contribution is -0.121. The third-order valence-electron chi connectivity index (χ3n) is 5.54. The number of carbonyl (C=O) groups excluding carboxylic acids is 1. The highest BCUT2D eigenvalue weighted by Crippen LogP contribution is 2.30. The van der Waals surface area contributed by atoms with Gasteiger partial charge < -0.3 is 10.3 Å². The third-order valence-corrected chi connectivity index (χ3v) is 6.44. The van der Waals surface area contributed by atoms with Crippen LogP contribution in [-0.4, -0.2) is 15.5 Å². The van der Waals surface area contributed by atoms with E-state index in [0.29, 0.717) is 16.8 Å². The summed E-state index contributed by atoms with van der Waals surface area (Å²) in [6.07, 6.45) is 3.22. The van der Waals surface area contributed by atoms with E-state index in [1.54, 1.807) is 6.07 Å². The lowest BCUT2D eigenvalue weighted by Gasteiger charge is -2.28. The second-order valence-corrected chi connectivity index (χ2v) is 8.50. The summed E-state index contributed by atoms with van der Waals surface area (Å²) in [5.74, 6) is 0.268. The molecule has 1 aliphatic carbocycles. The van der Waals surface area contributed by atoms with Crippen molar-refractivity contribution < 1.29 is 4.79 Å². The number of thiophene rings is 1. The van der Waals surface area contributed by atoms with Crippen molar-refractivity contribution >= 4 is 33.1 Å². The van der Waals surface area contributed by atoms with Crippen LogP contribution >= 0.6 is 11.3 Å². The van der Waals surface area contributed by atoms with Crippen molar-refractivity contribution in [3.8, 4) is 0 Å². The summed E-state index contributed by atoms with van der Waals surface area (Å²) in [6, 6.07) is 9.55. The fraction of sp³-hybridized carbons (Fsp3) is 0.381. The average Bonchev–Trinajstić information content (AvgIpc) is 3.14.